The quantitative estimate of drug-likeness (QED) is 0.687. The number of aromatic nitrogens is 2. The topological polar surface area (TPSA) is 65.4 Å². The molecular formula is C11H5N4. The zero-order valence-corrected chi connectivity index (χ0v) is 7.68. The second-order valence-corrected chi connectivity index (χ2v) is 2.81. The second-order valence-electron chi connectivity index (χ2n) is 2.81. The number of nitrogens with zero attached hydrogens (tertiary/aromatic N) is 4. The first-order valence-corrected chi connectivity index (χ1v) is 4.22. The minimum atomic E-state index is 0.422. The van der Waals surface area contributed by atoms with Crippen LogP contribution in [0.4, 0.5) is 0 Å². The highest BCUT2D eigenvalue weighted by Gasteiger charge is 2.09. The number of rotatable bonds is 1. The zero-order chi connectivity index (χ0) is 10.7. The molecule has 0 atom stereocenters. The Morgan fingerprint density at radius 2 is 1.87 bits per heavy atom. The van der Waals surface area contributed by atoms with E-state index < -0.39 is 0 Å². The molecule has 0 aliphatic rings. The van der Waals surface area contributed by atoms with Gasteiger partial charge in [0, 0.05) is 6.20 Å². The fourth-order valence-corrected chi connectivity index (χ4v) is 1.33. The summed E-state index contributed by atoms with van der Waals surface area (Å²) in [6.07, 6.45) is 4.27. The highest BCUT2D eigenvalue weighted by atomic mass is 15.3. The SMILES string of the molecule is N#Cc1cccc(C#N)c1-n1cc[c]n1. The predicted molar refractivity (Wildman–Crippen MR) is 51.8 cm³/mol. The molecule has 4 nitrogen and oxygen atoms in total. The van der Waals surface area contributed by atoms with Crippen molar-refractivity contribution in [3.63, 3.8) is 0 Å². The van der Waals surface area contributed by atoms with Crippen molar-refractivity contribution in [1.82, 2.24) is 9.78 Å². The van der Waals surface area contributed by atoms with Gasteiger partial charge in [0.1, 0.15) is 24.0 Å². The third kappa shape index (κ3) is 1.45. The third-order valence-corrected chi connectivity index (χ3v) is 1.96. The predicted octanol–water partition coefficient (Wildman–Crippen LogP) is 1.42. The number of nitriles is 2. The third-order valence-electron chi connectivity index (χ3n) is 1.96. The van der Waals surface area contributed by atoms with Crippen LogP contribution in [0.1, 0.15) is 11.1 Å². The van der Waals surface area contributed by atoms with Crippen LogP contribution >= 0.6 is 0 Å². The molecule has 0 aliphatic carbocycles. The molecule has 0 unspecified atom stereocenters. The maximum atomic E-state index is 8.93. The molecule has 1 aromatic carbocycles. The monoisotopic (exact) mass is 193 g/mol. The normalized spacial score (nSPS) is 9.20. The first kappa shape index (κ1) is 8.98. The van der Waals surface area contributed by atoms with E-state index in [4.69, 9.17) is 10.5 Å². The highest BCUT2D eigenvalue weighted by molar-refractivity contribution is 5.58. The van der Waals surface area contributed by atoms with E-state index >= 15 is 0 Å². The van der Waals surface area contributed by atoms with E-state index in [1.54, 1.807) is 30.5 Å². The fraction of sp³-hybridized carbons (Fsp3) is 0. The van der Waals surface area contributed by atoms with E-state index in [0.29, 0.717) is 16.8 Å². The van der Waals surface area contributed by atoms with Crippen LogP contribution in [0.2, 0.25) is 0 Å². The summed E-state index contributed by atoms with van der Waals surface area (Å²) in [7, 11) is 0. The van der Waals surface area contributed by atoms with Crippen molar-refractivity contribution in [2.75, 3.05) is 0 Å². The lowest BCUT2D eigenvalue weighted by molar-refractivity contribution is 0.871. The number of para-hydroxylation sites is 1. The molecule has 69 valence electrons. The van der Waals surface area contributed by atoms with Gasteiger partial charge in [0.05, 0.1) is 11.1 Å². The Bertz CT molecular complexity index is 523. The van der Waals surface area contributed by atoms with Crippen LogP contribution < -0.4 is 0 Å². The first-order valence-electron chi connectivity index (χ1n) is 4.22. The van der Waals surface area contributed by atoms with Crippen LogP contribution in [0.25, 0.3) is 5.69 Å². The molecule has 0 saturated carbocycles. The Balaban J connectivity index is 2.75. The summed E-state index contributed by atoms with van der Waals surface area (Å²) in [5, 5.41) is 21.7. The van der Waals surface area contributed by atoms with Crippen LogP contribution in [0.15, 0.2) is 30.5 Å². The van der Waals surface area contributed by atoms with Crippen molar-refractivity contribution in [1.29, 1.82) is 10.5 Å². The molecule has 0 amide bonds. The molecule has 0 N–H and O–H groups in total. The fourth-order valence-electron chi connectivity index (χ4n) is 1.33. The van der Waals surface area contributed by atoms with Crippen LogP contribution in [-0.4, -0.2) is 9.78 Å². The summed E-state index contributed by atoms with van der Waals surface area (Å²) in [4.78, 5) is 0. The Morgan fingerprint density at radius 1 is 1.20 bits per heavy atom. The van der Waals surface area contributed by atoms with Gasteiger partial charge in [0.25, 0.3) is 0 Å². The Kier molecular flexibility index (Phi) is 2.19. The molecule has 0 spiro atoms. The van der Waals surface area contributed by atoms with E-state index in [1.165, 1.54) is 4.68 Å². The highest BCUT2D eigenvalue weighted by Crippen LogP contribution is 2.17. The van der Waals surface area contributed by atoms with Gasteiger partial charge in [0.15, 0.2) is 0 Å². The van der Waals surface area contributed by atoms with Crippen molar-refractivity contribution in [2.45, 2.75) is 0 Å². The summed E-state index contributed by atoms with van der Waals surface area (Å²) < 4.78 is 1.47. The second kappa shape index (κ2) is 3.65. The van der Waals surface area contributed by atoms with Crippen molar-refractivity contribution < 1.29 is 0 Å². The number of hydrogen-bond acceptors (Lipinski definition) is 3. The molecule has 2 aromatic rings. The molecule has 1 radical (unpaired) electrons. The minimum Gasteiger partial charge on any atom is -0.238 e. The molecule has 2 rings (SSSR count). The van der Waals surface area contributed by atoms with Gasteiger partial charge in [-0.1, -0.05) is 6.07 Å². The zero-order valence-electron chi connectivity index (χ0n) is 7.68. The maximum absolute atomic E-state index is 8.93. The summed E-state index contributed by atoms with van der Waals surface area (Å²) in [6.45, 7) is 0. The number of hydrogen-bond donors (Lipinski definition) is 0. The van der Waals surface area contributed by atoms with Crippen molar-refractivity contribution in [3.05, 3.63) is 47.8 Å². The molecule has 4 heteroatoms. The average molecular weight is 193 g/mol. The standard InChI is InChI=1S/C11H5N4/c12-7-9-3-1-4-10(8-13)11(9)15-6-2-5-14-15/h1-4,6H. The van der Waals surface area contributed by atoms with E-state index in [9.17, 15) is 0 Å². The van der Waals surface area contributed by atoms with Crippen LogP contribution in [0.3, 0.4) is 0 Å². The van der Waals surface area contributed by atoms with Crippen molar-refractivity contribution >= 4 is 0 Å². The van der Waals surface area contributed by atoms with Crippen LogP contribution in [0.5, 0.6) is 0 Å². The van der Waals surface area contributed by atoms with E-state index in [-0.39, 0.29) is 0 Å². The summed E-state index contributed by atoms with van der Waals surface area (Å²) in [5.74, 6) is 0. The largest absolute Gasteiger partial charge is 0.238 e. The lowest BCUT2D eigenvalue weighted by Crippen LogP contribution is -2.01. The molecule has 0 bridgehead atoms. The van der Waals surface area contributed by atoms with E-state index in [1.807, 2.05) is 12.1 Å². The van der Waals surface area contributed by atoms with Gasteiger partial charge in [-0.2, -0.15) is 15.6 Å². The van der Waals surface area contributed by atoms with Gasteiger partial charge >= 0.3 is 0 Å². The lowest BCUT2D eigenvalue weighted by atomic mass is 10.1. The van der Waals surface area contributed by atoms with Gasteiger partial charge in [-0.25, -0.2) is 4.68 Å². The van der Waals surface area contributed by atoms with Gasteiger partial charge < -0.3 is 0 Å². The Morgan fingerprint density at radius 3 is 2.33 bits per heavy atom. The number of benzene rings is 1. The molecule has 1 heterocycles. The smallest absolute Gasteiger partial charge is 0.113 e. The molecule has 15 heavy (non-hydrogen) atoms. The Labute approximate surface area is 86.6 Å². The summed E-state index contributed by atoms with van der Waals surface area (Å²) in [5.41, 5.74) is 1.35. The van der Waals surface area contributed by atoms with Gasteiger partial charge in [-0.3, -0.25) is 0 Å². The summed E-state index contributed by atoms with van der Waals surface area (Å²) in [6, 6.07) is 10.7. The van der Waals surface area contributed by atoms with Gasteiger partial charge in [-0.05, 0) is 18.2 Å². The lowest BCUT2D eigenvalue weighted by Gasteiger charge is -2.05. The average Bonchev–Trinajstić information content (AvgIpc) is 2.81. The molecule has 0 fully saturated rings. The van der Waals surface area contributed by atoms with Crippen LogP contribution in [-0.2, 0) is 0 Å². The minimum absolute atomic E-state index is 0.422. The molecule has 1 aromatic heterocycles. The van der Waals surface area contributed by atoms with Crippen molar-refractivity contribution in [3.8, 4) is 17.8 Å². The van der Waals surface area contributed by atoms with Gasteiger partial charge in [-0.15, -0.1) is 0 Å². The van der Waals surface area contributed by atoms with Crippen LogP contribution in [0, 0.1) is 28.9 Å². The van der Waals surface area contributed by atoms with Gasteiger partial charge in [0.2, 0.25) is 0 Å². The molecule has 0 aliphatic heterocycles. The summed E-state index contributed by atoms with van der Waals surface area (Å²) >= 11 is 0. The van der Waals surface area contributed by atoms with Crippen molar-refractivity contribution in [2.24, 2.45) is 0 Å². The molecular weight excluding hydrogens is 188 g/mol. The maximum Gasteiger partial charge on any atom is 0.113 e. The van der Waals surface area contributed by atoms with E-state index in [2.05, 4.69) is 11.3 Å². The Hall–Kier alpha value is -2.59. The first-order chi connectivity index (χ1) is 7.36. The molecule has 0 saturated heterocycles. The van der Waals surface area contributed by atoms with E-state index in [0.717, 1.165) is 0 Å².